The van der Waals surface area contributed by atoms with Crippen molar-refractivity contribution in [3.05, 3.63) is 45.1 Å². The van der Waals surface area contributed by atoms with Gasteiger partial charge in [-0.15, -0.1) is 0 Å². The molecule has 1 aromatic heterocycles. The largest absolute Gasteiger partial charge is 0.299 e. The van der Waals surface area contributed by atoms with Crippen LogP contribution in [0.3, 0.4) is 0 Å². The lowest BCUT2D eigenvalue weighted by Gasteiger charge is -2.17. The van der Waals surface area contributed by atoms with Gasteiger partial charge in [-0.25, -0.2) is 0 Å². The smallest absolute Gasteiger partial charge is 0.150 e. The van der Waals surface area contributed by atoms with Gasteiger partial charge in [0.05, 0.1) is 5.02 Å². The number of hydrogen-bond acceptors (Lipinski definition) is 3. The van der Waals surface area contributed by atoms with E-state index in [0.29, 0.717) is 5.56 Å². The Hall–Kier alpha value is -1.16. The summed E-state index contributed by atoms with van der Waals surface area (Å²) >= 11 is 8.20. The fraction of sp³-hybridized carbons (Fsp3) is 0.312. The number of rotatable bonds is 4. The van der Waals surface area contributed by atoms with E-state index in [1.165, 1.54) is 12.8 Å². The summed E-state index contributed by atoms with van der Waals surface area (Å²) in [5.74, 6) is 0. The summed E-state index contributed by atoms with van der Waals surface area (Å²) in [5, 5.41) is 4.77. The zero-order valence-electron chi connectivity index (χ0n) is 11.1. The molecule has 1 aliphatic rings. The fourth-order valence-corrected chi connectivity index (χ4v) is 3.72. The summed E-state index contributed by atoms with van der Waals surface area (Å²) in [6, 6.07) is 5.88. The lowest BCUT2D eigenvalue weighted by Crippen LogP contribution is -2.18. The minimum absolute atomic E-state index is 0.665. The number of hydrogen-bond donors (Lipinski definition) is 0. The van der Waals surface area contributed by atoms with Crippen LogP contribution in [0, 0.1) is 0 Å². The molecule has 4 heteroatoms. The summed E-state index contributed by atoms with van der Waals surface area (Å²) in [7, 11) is 0. The van der Waals surface area contributed by atoms with Gasteiger partial charge in [-0.1, -0.05) is 23.7 Å². The van der Waals surface area contributed by atoms with Crippen LogP contribution in [0.25, 0.3) is 11.1 Å². The van der Waals surface area contributed by atoms with Gasteiger partial charge in [0.2, 0.25) is 0 Å². The van der Waals surface area contributed by atoms with E-state index in [1.807, 2.05) is 29.0 Å². The van der Waals surface area contributed by atoms with Gasteiger partial charge in [-0.2, -0.15) is 11.3 Å². The summed E-state index contributed by atoms with van der Waals surface area (Å²) < 4.78 is 0. The van der Waals surface area contributed by atoms with E-state index >= 15 is 0 Å². The second-order valence-corrected chi connectivity index (χ2v) is 6.27. The molecule has 0 atom stereocenters. The zero-order valence-corrected chi connectivity index (χ0v) is 12.7. The highest BCUT2D eigenvalue weighted by Crippen LogP contribution is 2.35. The molecule has 1 saturated heterocycles. The molecule has 2 heterocycles. The number of carbonyl (C=O) groups is 1. The number of carbonyl (C=O) groups excluding carboxylic acids is 1. The van der Waals surface area contributed by atoms with Crippen molar-refractivity contribution in [2.75, 3.05) is 13.1 Å². The van der Waals surface area contributed by atoms with Crippen molar-refractivity contribution >= 4 is 29.2 Å². The Morgan fingerprint density at radius 1 is 1.25 bits per heavy atom. The Kier molecular flexibility index (Phi) is 4.20. The molecule has 2 aromatic rings. The van der Waals surface area contributed by atoms with Crippen LogP contribution >= 0.6 is 22.9 Å². The molecule has 3 rings (SSSR count). The Morgan fingerprint density at radius 2 is 2.05 bits per heavy atom. The van der Waals surface area contributed by atoms with E-state index in [1.54, 1.807) is 11.3 Å². The third kappa shape index (κ3) is 2.66. The van der Waals surface area contributed by atoms with Crippen molar-refractivity contribution in [3.8, 4) is 11.1 Å². The molecule has 0 saturated carbocycles. The van der Waals surface area contributed by atoms with Crippen molar-refractivity contribution in [2.45, 2.75) is 19.4 Å². The zero-order chi connectivity index (χ0) is 13.9. The van der Waals surface area contributed by atoms with Crippen LogP contribution in [0.4, 0.5) is 0 Å². The van der Waals surface area contributed by atoms with Gasteiger partial charge in [0.25, 0.3) is 0 Å². The van der Waals surface area contributed by atoms with Gasteiger partial charge in [0, 0.05) is 17.7 Å². The van der Waals surface area contributed by atoms with Crippen LogP contribution in [0.5, 0.6) is 0 Å². The topological polar surface area (TPSA) is 20.3 Å². The Bertz CT molecular complexity index is 603. The quantitative estimate of drug-likeness (QED) is 0.776. The van der Waals surface area contributed by atoms with Crippen LogP contribution in [-0.2, 0) is 6.54 Å². The average molecular weight is 306 g/mol. The molecule has 1 fully saturated rings. The van der Waals surface area contributed by atoms with Gasteiger partial charge in [0.15, 0.2) is 6.29 Å². The fourth-order valence-electron chi connectivity index (χ4n) is 2.74. The third-order valence-electron chi connectivity index (χ3n) is 3.78. The molecule has 0 spiro atoms. The van der Waals surface area contributed by atoms with Crippen LogP contribution in [0.1, 0.15) is 28.8 Å². The normalized spacial score (nSPS) is 15.7. The number of aldehydes is 1. The predicted octanol–water partition coefficient (Wildman–Crippen LogP) is 4.48. The highest BCUT2D eigenvalue weighted by molar-refractivity contribution is 7.08. The van der Waals surface area contributed by atoms with Gasteiger partial charge < -0.3 is 0 Å². The molecule has 0 N–H and O–H groups in total. The first-order valence-electron chi connectivity index (χ1n) is 6.81. The molecule has 0 bridgehead atoms. The highest BCUT2D eigenvalue weighted by Gasteiger charge is 2.17. The predicted molar refractivity (Wildman–Crippen MR) is 84.7 cm³/mol. The van der Waals surface area contributed by atoms with Crippen LogP contribution in [0.15, 0.2) is 29.0 Å². The van der Waals surface area contributed by atoms with E-state index in [-0.39, 0.29) is 0 Å². The molecule has 1 aromatic carbocycles. The Morgan fingerprint density at radius 3 is 2.70 bits per heavy atom. The molecular weight excluding hydrogens is 290 g/mol. The van der Waals surface area contributed by atoms with Crippen molar-refractivity contribution in [3.63, 3.8) is 0 Å². The van der Waals surface area contributed by atoms with Crippen LogP contribution in [-0.4, -0.2) is 24.3 Å². The molecule has 20 heavy (non-hydrogen) atoms. The van der Waals surface area contributed by atoms with E-state index in [0.717, 1.165) is 47.6 Å². The van der Waals surface area contributed by atoms with Gasteiger partial charge in [0.1, 0.15) is 0 Å². The summed E-state index contributed by atoms with van der Waals surface area (Å²) in [5.41, 5.74) is 3.68. The van der Waals surface area contributed by atoms with Crippen molar-refractivity contribution in [1.82, 2.24) is 4.90 Å². The minimum atomic E-state index is 0.665. The molecule has 0 aliphatic carbocycles. The average Bonchev–Trinajstić information content (AvgIpc) is 3.13. The first-order chi connectivity index (χ1) is 9.79. The number of halogens is 1. The molecular formula is C16H16ClNOS. The number of benzene rings is 1. The second-order valence-electron chi connectivity index (χ2n) is 5.12. The van der Waals surface area contributed by atoms with Gasteiger partial charge in [-0.05, 0) is 53.9 Å². The monoisotopic (exact) mass is 305 g/mol. The van der Waals surface area contributed by atoms with E-state index in [2.05, 4.69) is 4.90 Å². The molecule has 104 valence electrons. The number of thiophene rings is 1. The van der Waals surface area contributed by atoms with Crippen molar-refractivity contribution in [2.24, 2.45) is 0 Å². The number of likely N-dealkylation sites (tertiary alicyclic amines) is 1. The summed E-state index contributed by atoms with van der Waals surface area (Å²) in [4.78, 5) is 13.7. The lowest BCUT2D eigenvalue weighted by atomic mass is 9.99. The number of nitrogens with zero attached hydrogens (tertiary/aromatic N) is 1. The lowest BCUT2D eigenvalue weighted by molar-refractivity contribution is 0.112. The second kappa shape index (κ2) is 6.08. The van der Waals surface area contributed by atoms with E-state index in [9.17, 15) is 4.79 Å². The SMILES string of the molecule is O=Cc1ccc(CN2CCCC2)c(Cl)c1-c1ccsc1. The van der Waals surface area contributed by atoms with Crippen LogP contribution < -0.4 is 0 Å². The standard InChI is InChI=1S/C16H16ClNOS/c17-16-12(9-18-6-1-2-7-18)3-4-13(10-19)15(16)14-5-8-20-11-14/h3-5,8,10-11H,1-2,6-7,9H2. The molecule has 0 amide bonds. The van der Waals surface area contributed by atoms with Crippen molar-refractivity contribution < 1.29 is 4.79 Å². The minimum Gasteiger partial charge on any atom is -0.299 e. The Balaban J connectivity index is 2.00. The first-order valence-corrected chi connectivity index (χ1v) is 8.13. The Labute approximate surface area is 128 Å². The van der Waals surface area contributed by atoms with Gasteiger partial charge in [-0.3, -0.25) is 9.69 Å². The van der Waals surface area contributed by atoms with Crippen molar-refractivity contribution in [1.29, 1.82) is 0 Å². The molecule has 0 unspecified atom stereocenters. The summed E-state index contributed by atoms with van der Waals surface area (Å²) in [6.07, 6.45) is 3.42. The highest BCUT2D eigenvalue weighted by atomic mass is 35.5. The third-order valence-corrected chi connectivity index (χ3v) is 4.90. The molecule has 1 aliphatic heterocycles. The first kappa shape index (κ1) is 13.8. The maximum Gasteiger partial charge on any atom is 0.150 e. The van der Waals surface area contributed by atoms with Crippen LogP contribution in [0.2, 0.25) is 5.02 Å². The van der Waals surface area contributed by atoms with Gasteiger partial charge >= 0.3 is 0 Å². The molecule has 0 radical (unpaired) electrons. The summed E-state index contributed by atoms with van der Waals surface area (Å²) in [6.45, 7) is 3.15. The van der Waals surface area contributed by atoms with E-state index < -0.39 is 0 Å². The maximum atomic E-state index is 11.3. The van der Waals surface area contributed by atoms with E-state index in [4.69, 9.17) is 11.6 Å². The maximum absolute atomic E-state index is 11.3. The molecule has 2 nitrogen and oxygen atoms in total.